The molecular formula is C23H29NO5. The highest BCUT2D eigenvalue weighted by molar-refractivity contribution is 5.79. The predicted molar refractivity (Wildman–Crippen MR) is 111 cm³/mol. The molecule has 0 aliphatic heterocycles. The Balaban J connectivity index is 2.20. The molecule has 0 spiro atoms. The van der Waals surface area contributed by atoms with Crippen LogP contribution in [0.5, 0.6) is 11.5 Å². The standard InChI is InChI=1S/C23H29NO5/c1-5-16(17-9-11-19(28-3)12-10-17)13-21(25)24-23(2,15-22(26)27)18-7-6-8-20(14-18)29-4/h6-12,14,16H,5,13,15H2,1-4H3,(H,24,25)(H,26,27). The van der Waals surface area contributed by atoms with Crippen LogP contribution in [-0.2, 0) is 15.1 Å². The van der Waals surface area contributed by atoms with Gasteiger partial charge in [-0.15, -0.1) is 0 Å². The SMILES string of the molecule is CCC(CC(=O)NC(C)(CC(=O)O)c1cccc(OC)c1)c1ccc(OC)cc1. The third-order valence-corrected chi connectivity index (χ3v) is 5.14. The molecule has 2 unspecified atom stereocenters. The number of carbonyl (C=O) groups excluding carboxylic acids is 1. The molecule has 0 saturated heterocycles. The second-order valence-electron chi connectivity index (χ2n) is 7.27. The van der Waals surface area contributed by atoms with Gasteiger partial charge < -0.3 is 19.9 Å². The Bertz CT molecular complexity index is 833. The normalized spacial score (nSPS) is 13.8. The van der Waals surface area contributed by atoms with E-state index in [-0.39, 0.29) is 24.7 Å². The van der Waals surface area contributed by atoms with Gasteiger partial charge in [-0.05, 0) is 54.7 Å². The Labute approximate surface area is 171 Å². The molecule has 2 aromatic rings. The van der Waals surface area contributed by atoms with E-state index >= 15 is 0 Å². The zero-order valence-corrected chi connectivity index (χ0v) is 17.4. The highest BCUT2D eigenvalue weighted by atomic mass is 16.5. The first-order valence-corrected chi connectivity index (χ1v) is 9.62. The minimum Gasteiger partial charge on any atom is -0.497 e. The van der Waals surface area contributed by atoms with E-state index in [0.717, 1.165) is 17.7 Å². The number of ether oxygens (including phenoxy) is 2. The quantitative estimate of drug-likeness (QED) is 0.628. The van der Waals surface area contributed by atoms with Crippen molar-refractivity contribution >= 4 is 11.9 Å². The van der Waals surface area contributed by atoms with E-state index in [4.69, 9.17) is 9.47 Å². The van der Waals surface area contributed by atoms with Crippen LogP contribution in [0.15, 0.2) is 48.5 Å². The molecule has 2 atom stereocenters. The zero-order valence-electron chi connectivity index (χ0n) is 17.4. The van der Waals surface area contributed by atoms with E-state index in [1.54, 1.807) is 45.4 Å². The molecule has 2 aromatic carbocycles. The summed E-state index contributed by atoms with van der Waals surface area (Å²) in [5.74, 6) is 0.218. The summed E-state index contributed by atoms with van der Waals surface area (Å²) in [4.78, 5) is 24.4. The first-order chi connectivity index (χ1) is 13.8. The Hall–Kier alpha value is -3.02. The number of carbonyl (C=O) groups is 2. The van der Waals surface area contributed by atoms with Crippen molar-refractivity contribution in [2.75, 3.05) is 14.2 Å². The van der Waals surface area contributed by atoms with Crippen molar-refractivity contribution in [2.24, 2.45) is 0 Å². The molecule has 0 aliphatic rings. The summed E-state index contributed by atoms with van der Waals surface area (Å²) in [6.07, 6.45) is 0.821. The lowest BCUT2D eigenvalue weighted by molar-refractivity contribution is -0.139. The summed E-state index contributed by atoms with van der Waals surface area (Å²) in [6, 6.07) is 14.8. The Morgan fingerprint density at radius 3 is 2.28 bits per heavy atom. The first-order valence-electron chi connectivity index (χ1n) is 9.62. The van der Waals surface area contributed by atoms with Crippen LogP contribution < -0.4 is 14.8 Å². The van der Waals surface area contributed by atoms with Crippen LogP contribution in [-0.4, -0.2) is 31.2 Å². The van der Waals surface area contributed by atoms with Crippen molar-refractivity contribution in [3.05, 3.63) is 59.7 Å². The van der Waals surface area contributed by atoms with Crippen molar-refractivity contribution in [1.82, 2.24) is 5.32 Å². The van der Waals surface area contributed by atoms with Crippen molar-refractivity contribution in [2.45, 2.75) is 44.6 Å². The van der Waals surface area contributed by atoms with Gasteiger partial charge in [0.25, 0.3) is 0 Å². The Morgan fingerprint density at radius 1 is 1.07 bits per heavy atom. The summed E-state index contributed by atoms with van der Waals surface area (Å²) >= 11 is 0. The van der Waals surface area contributed by atoms with Crippen LogP contribution in [0.2, 0.25) is 0 Å². The van der Waals surface area contributed by atoms with E-state index in [2.05, 4.69) is 5.32 Å². The van der Waals surface area contributed by atoms with Gasteiger partial charge in [0, 0.05) is 6.42 Å². The third kappa shape index (κ3) is 5.98. The van der Waals surface area contributed by atoms with E-state index in [0.29, 0.717) is 11.3 Å². The molecule has 6 nitrogen and oxygen atoms in total. The van der Waals surface area contributed by atoms with Crippen molar-refractivity contribution in [1.29, 1.82) is 0 Å². The van der Waals surface area contributed by atoms with Crippen molar-refractivity contribution in [3.63, 3.8) is 0 Å². The molecule has 1 amide bonds. The predicted octanol–water partition coefficient (Wildman–Crippen LogP) is 4.09. The van der Waals surface area contributed by atoms with Gasteiger partial charge in [0.1, 0.15) is 11.5 Å². The maximum atomic E-state index is 12.9. The average Bonchev–Trinajstić information content (AvgIpc) is 2.71. The molecule has 6 heteroatoms. The fourth-order valence-electron chi connectivity index (χ4n) is 3.44. The van der Waals surface area contributed by atoms with Crippen LogP contribution in [0, 0.1) is 0 Å². The minimum atomic E-state index is -1.05. The van der Waals surface area contributed by atoms with E-state index in [1.807, 2.05) is 31.2 Å². The summed E-state index contributed by atoms with van der Waals surface area (Å²) in [7, 11) is 3.16. The molecule has 0 bridgehead atoms. The second kappa shape index (κ2) is 9.96. The highest BCUT2D eigenvalue weighted by Crippen LogP contribution is 2.30. The second-order valence-corrected chi connectivity index (χ2v) is 7.27. The number of carboxylic acid groups (broad SMARTS) is 1. The molecule has 0 saturated carbocycles. The van der Waals surface area contributed by atoms with E-state index < -0.39 is 11.5 Å². The number of methoxy groups -OCH3 is 2. The van der Waals surface area contributed by atoms with Gasteiger partial charge in [-0.1, -0.05) is 31.2 Å². The fraction of sp³-hybridized carbons (Fsp3) is 0.391. The molecule has 0 radical (unpaired) electrons. The summed E-state index contributed by atoms with van der Waals surface area (Å²) < 4.78 is 10.4. The topological polar surface area (TPSA) is 84.9 Å². The maximum absolute atomic E-state index is 12.9. The Kier molecular flexibility index (Phi) is 7.65. The third-order valence-electron chi connectivity index (χ3n) is 5.14. The number of hydrogen-bond acceptors (Lipinski definition) is 4. The van der Waals surface area contributed by atoms with Gasteiger partial charge >= 0.3 is 5.97 Å². The van der Waals surface area contributed by atoms with Gasteiger partial charge in [0.05, 0.1) is 26.2 Å². The molecule has 29 heavy (non-hydrogen) atoms. The number of amides is 1. The van der Waals surface area contributed by atoms with Crippen LogP contribution in [0.25, 0.3) is 0 Å². The van der Waals surface area contributed by atoms with Gasteiger partial charge in [-0.25, -0.2) is 0 Å². The summed E-state index contributed by atoms with van der Waals surface area (Å²) in [5.41, 5.74) is 0.685. The van der Waals surface area contributed by atoms with Crippen molar-refractivity contribution in [3.8, 4) is 11.5 Å². The molecule has 0 aromatic heterocycles. The monoisotopic (exact) mass is 399 g/mol. The maximum Gasteiger partial charge on any atom is 0.306 e. The van der Waals surface area contributed by atoms with Gasteiger partial charge in [0.15, 0.2) is 0 Å². The molecule has 156 valence electrons. The van der Waals surface area contributed by atoms with Crippen LogP contribution in [0.4, 0.5) is 0 Å². The molecule has 2 rings (SSSR count). The lowest BCUT2D eigenvalue weighted by Gasteiger charge is -2.31. The van der Waals surface area contributed by atoms with Crippen LogP contribution >= 0.6 is 0 Å². The number of hydrogen-bond donors (Lipinski definition) is 2. The van der Waals surface area contributed by atoms with E-state index in [1.165, 1.54) is 0 Å². The zero-order chi connectivity index (χ0) is 21.4. The van der Waals surface area contributed by atoms with Crippen LogP contribution in [0.3, 0.4) is 0 Å². The molecular weight excluding hydrogens is 370 g/mol. The molecule has 0 heterocycles. The fourth-order valence-corrected chi connectivity index (χ4v) is 3.44. The number of aliphatic carboxylic acids is 1. The number of benzene rings is 2. The van der Waals surface area contributed by atoms with E-state index in [9.17, 15) is 14.7 Å². The molecule has 0 fully saturated rings. The number of carboxylic acids is 1. The number of rotatable bonds is 10. The lowest BCUT2D eigenvalue weighted by atomic mass is 9.87. The lowest BCUT2D eigenvalue weighted by Crippen LogP contribution is -2.45. The van der Waals surface area contributed by atoms with Gasteiger partial charge in [-0.3, -0.25) is 9.59 Å². The summed E-state index contributed by atoms with van der Waals surface area (Å²) in [5, 5.41) is 12.4. The smallest absolute Gasteiger partial charge is 0.306 e. The largest absolute Gasteiger partial charge is 0.497 e. The van der Waals surface area contributed by atoms with Crippen molar-refractivity contribution < 1.29 is 24.2 Å². The first kappa shape index (κ1) is 22.3. The molecule has 2 N–H and O–H groups in total. The Morgan fingerprint density at radius 2 is 1.72 bits per heavy atom. The van der Waals surface area contributed by atoms with Gasteiger partial charge in [0.2, 0.25) is 5.91 Å². The van der Waals surface area contributed by atoms with Gasteiger partial charge in [-0.2, -0.15) is 0 Å². The molecule has 0 aliphatic carbocycles. The minimum absolute atomic E-state index is 0.0280. The summed E-state index contributed by atoms with van der Waals surface area (Å²) in [6.45, 7) is 3.75. The highest BCUT2D eigenvalue weighted by Gasteiger charge is 2.32. The number of nitrogens with one attached hydrogen (secondary N) is 1. The van der Waals surface area contributed by atoms with Crippen LogP contribution in [0.1, 0.15) is 50.2 Å². The average molecular weight is 399 g/mol.